The van der Waals surface area contributed by atoms with Crippen molar-refractivity contribution in [2.45, 2.75) is 6.92 Å². The van der Waals surface area contributed by atoms with Gasteiger partial charge in [-0.05, 0) is 55.5 Å². The highest BCUT2D eigenvalue weighted by Crippen LogP contribution is 2.09. The predicted octanol–water partition coefficient (Wildman–Crippen LogP) is 2.16. The van der Waals surface area contributed by atoms with E-state index in [1.165, 1.54) is 6.26 Å². The summed E-state index contributed by atoms with van der Waals surface area (Å²) in [5.41, 5.74) is 1.22. The highest BCUT2D eigenvalue weighted by atomic mass is 32.1. The third-order valence-corrected chi connectivity index (χ3v) is 2.92. The first-order valence-corrected chi connectivity index (χ1v) is 7.05. The maximum Gasteiger partial charge on any atom is 0.293 e. The van der Waals surface area contributed by atoms with Crippen molar-refractivity contribution in [2.24, 2.45) is 0 Å². The summed E-state index contributed by atoms with van der Waals surface area (Å²) in [6.45, 7) is 2.43. The molecule has 0 radical (unpaired) electrons. The zero-order valence-corrected chi connectivity index (χ0v) is 12.7. The minimum atomic E-state index is -0.429. The van der Waals surface area contributed by atoms with Gasteiger partial charge in [0.25, 0.3) is 11.8 Å². The maximum atomic E-state index is 11.7. The third-order valence-electron chi connectivity index (χ3n) is 2.71. The lowest BCUT2D eigenvalue weighted by molar-refractivity contribution is 0.0945. The lowest BCUT2D eigenvalue weighted by Crippen LogP contribution is -2.33. The molecule has 22 heavy (non-hydrogen) atoms. The number of thiocarbonyl (C=S) groups is 1. The molecule has 1 aromatic heterocycles. The summed E-state index contributed by atoms with van der Waals surface area (Å²) < 4.78 is 4.97. The van der Waals surface area contributed by atoms with Gasteiger partial charge in [-0.2, -0.15) is 0 Å². The van der Waals surface area contributed by atoms with Crippen LogP contribution in [0.25, 0.3) is 0 Å². The molecule has 1 heterocycles. The highest BCUT2D eigenvalue weighted by molar-refractivity contribution is 7.80. The topological polar surface area (TPSA) is 83.4 Å². The molecule has 0 fully saturated rings. The van der Waals surface area contributed by atoms with Crippen LogP contribution in [0.5, 0.6) is 0 Å². The van der Waals surface area contributed by atoms with Crippen molar-refractivity contribution in [2.75, 3.05) is 11.9 Å². The molecule has 7 heteroatoms. The zero-order chi connectivity index (χ0) is 15.9. The van der Waals surface area contributed by atoms with Gasteiger partial charge in [0.1, 0.15) is 0 Å². The van der Waals surface area contributed by atoms with Crippen LogP contribution in [0.15, 0.2) is 47.1 Å². The normalized spacial score (nSPS) is 9.86. The summed E-state index contributed by atoms with van der Waals surface area (Å²) in [4.78, 5) is 23.4. The molecule has 3 N–H and O–H groups in total. The number of anilines is 1. The van der Waals surface area contributed by atoms with Crippen LogP contribution in [0.1, 0.15) is 27.8 Å². The Morgan fingerprint density at radius 3 is 2.45 bits per heavy atom. The van der Waals surface area contributed by atoms with Crippen molar-refractivity contribution in [3.63, 3.8) is 0 Å². The van der Waals surface area contributed by atoms with E-state index >= 15 is 0 Å². The molecule has 0 saturated heterocycles. The Balaban J connectivity index is 1.91. The van der Waals surface area contributed by atoms with Gasteiger partial charge < -0.3 is 15.1 Å². The van der Waals surface area contributed by atoms with E-state index in [4.69, 9.17) is 16.6 Å². The maximum absolute atomic E-state index is 11.7. The van der Waals surface area contributed by atoms with Crippen molar-refractivity contribution in [3.8, 4) is 0 Å². The van der Waals surface area contributed by atoms with Crippen molar-refractivity contribution < 1.29 is 14.0 Å². The molecule has 0 spiro atoms. The summed E-state index contributed by atoms with van der Waals surface area (Å²) >= 11 is 5.05. The number of nitrogens with one attached hydrogen (secondary N) is 3. The first-order valence-electron chi connectivity index (χ1n) is 6.64. The summed E-state index contributed by atoms with van der Waals surface area (Å²) in [6, 6.07) is 9.91. The van der Waals surface area contributed by atoms with E-state index in [2.05, 4.69) is 16.0 Å². The largest absolute Gasteiger partial charge is 0.459 e. The smallest absolute Gasteiger partial charge is 0.293 e. The van der Waals surface area contributed by atoms with Gasteiger partial charge >= 0.3 is 0 Å². The number of benzene rings is 1. The Bertz CT molecular complexity index is 666. The molecule has 2 rings (SSSR count). The van der Waals surface area contributed by atoms with Gasteiger partial charge in [0.15, 0.2) is 10.9 Å². The minimum Gasteiger partial charge on any atom is -0.459 e. The lowest BCUT2D eigenvalue weighted by atomic mass is 10.2. The second-order valence-electron chi connectivity index (χ2n) is 4.32. The first kappa shape index (κ1) is 15.7. The molecule has 1 aromatic carbocycles. The molecular formula is C15H15N3O3S. The first-order chi connectivity index (χ1) is 10.6. The number of hydrogen-bond acceptors (Lipinski definition) is 4. The van der Waals surface area contributed by atoms with Crippen molar-refractivity contribution >= 4 is 34.8 Å². The highest BCUT2D eigenvalue weighted by Gasteiger charge is 2.10. The fourth-order valence-corrected chi connectivity index (χ4v) is 1.91. The molecule has 0 aliphatic heterocycles. The summed E-state index contributed by atoms with van der Waals surface area (Å²) in [5.74, 6) is -0.389. The Hall–Kier alpha value is -2.67. The second-order valence-corrected chi connectivity index (χ2v) is 4.73. The number of rotatable bonds is 4. The summed E-state index contributed by atoms with van der Waals surface area (Å²) in [5, 5.41) is 8.21. The van der Waals surface area contributed by atoms with E-state index in [1.54, 1.807) is 36.4 Å². The van der Waals surface area contributed by atoms with E-state index in [0.717, 1.165) is 0 Å². The molecule has 6 nitrogen and oxygen atoms in total. The van der Waals surface area contributed by atoms with Crippen LogP contribution in [-0.2, 0) is 0 Å². The zero-order valence-electron chi connectivity index (χ0n) is 11.9. The number of hydrogen-bond donors (Lipinski definition) is 3. The Morgan fingerprint density at radius 1 is 1.14 bits per heavy atom. The minimum absolute atomic E-state index is 0.136. The van der Waals surface area contributed by atoms with Crippen LogP contribution in [0, 0.1) is 0 Å². The fourth-order valence-electron chi connectivity index (χ4n) is 1.70. The van der Waals surface area contributed by atoms with E-state index in [-0.39, 0.29) is 16.8 Å². The second kappa shape index (κ2) is 7.37. The third kappa shape index (κ3) is 4.16. The Kier molecular flexibility index (Phi) is 5.26. The van der Waals surface area contributed by atoms with Gasteiger partial charge in [-0.15, -0.1) is 0 Å². The van der Waals surface area contributed by atoms with Gasteiger partial charge in [0.05, 0.1) is 6.26 Å². The van der Waals surface area contributed by atoms with Gasteiger partial charge in [0, 0.05) is 17.8 Å². The van der Waals surface area contributed by atoms with Crippen LogP contribution < -0.4 is 16.0 Å². The monoisotopic (exact) mass is 317 g/mol. The van der Waals surface area contributed by atoms with E-state index in [0.29, 0.717) is 17.8 Å². The average molecular weight is 317 g/mol. The van der Waals surface area contributed by atoms with Crippen molar-refractivity contribution in [1.82, 2.24) is 10.6 Å². The molecule has 0 aliphatic rings. The number of furan rings is 1. The average Bonchev–Trinajstić information content (AvgIpc) is 3.02. The van der Waals surface area contributed by atoms with Crippen LogP contribution in [0.4, 0.5) is 5.69 Å². The Morgan fingerprint density at radius 2 is 1.86 bits per heavy atom. The number of carbonyl (C=O) groups excluding carboxylic acids is 2. The Labute approximate surface area is 132 Å². The molecule has 0 saturated carbocycles. The van der Waals surface area contributed by atoms with E-state index in [1.807, 2.05) is 6.92 Å². The summed E-state index contributed by atoms with van der Waals surface area (Å²) in [7, 11) is 0. The molecule has 2 aromatic rings. The fraction of sp³-hybridized carbons (Fsp3) is 0.133. The van der Waals surface area contributed by atoms with E-state index in [9.17, 15) is 9.59 Å². The number of carbonyl (C=O) groups is 2. The van der Waals surface area contributed by atoms with Crippen LogP contribution in [0.3, 0.4) is 0 Å². The summed E-state index contributed by atoms with van der Waals surface area (Å²) in [6.07, 6.45) is 1.41. The van der Waals surface area contributed by atoms with Gasteiger partial charge in [0.2, 0.25) is 0 Å². The molecule has 0 atom stereocenters. The molecule has 0 unspecified atom stereocenters. The molecular weight excluding hydrogens is 302 g/mol. The molecule has 0 aliphatic carbocycles. The van der Waals surface area contributed by atoms with E-state index < -0.39 is 5.91 Å². The quantitative estimate of drug-likeness (QED) is 0.753. The SMILES string of the molecule is CCNC(=O)c1ccc(NC(=S)NC(=O)c2ccco2)cc1. The van der Waals surface area contributed by atoms with Crippen LogP contribution >= 0.6 is 12.2 Å². The van der Waals surface area contributed by atoms with Crippen molar-refractivity contribution in [3.05, 3.63) is 54.0 Å². The number of amides is 2. The van der Waals surface area contributed by atoms with Gasteiger partial charge in [-0.3, -0.25) is 14.9 Å². The van der Waals surface area contributed by atoms with Gasteiger partial charge in [-0.1, -0.05) is 0 Å². The van der Waals surface area contributed by atoms with Gasteiger partial charge in [-0.25, -0.2) is 0 Å². The van der Waals surface area contributed by atoms with Crippen molar-refractivity contribution in [1.29, 1.82) is 0 Å². The molecule has 114 valence electrons. The van der Waals surface area contributed by atoms with Crippen LogP contribution in [0.2, 0.25) is 0 Å². The molecule has 0 bridgehead atoms. The predicted molar refractivity (Wildman–Crippen MR) is 86.8 cm³/mol. The lowest BCUT2D eigenvalue weighted by Gasteiger charge is -2.09. The molecule has 2 amide bonds. The standard InChI is InChI=1S/C15H15N3O3S/c1-2-16-13(19)10-5-7-11(8-6-10)17-15(22)18-14(20)12-4-3-9-21-12/h3-9H,2H2,1H3,(H,16,19)(H2,17,18,20,22). The van der Waals surface area contributed by atoms with Crippen LogP contribution in [-0.4, -0.2) is 23.5 Å².